The first kappa shape index (κ1) is 14.9. The minimum absolute atomic E-state index is 0.246. The van der Waals surface area contributed by atoms with E-state index >= 15 is 0 Å². The van der Waals surface area contributed by atoms with Gasteiger partial charge in [0.05, 0.1) is 22.5 Å². The number of carbonyl (C=O) groups excluding carboxylic acids is 1. The Labute approximate surface area is 123 Å². The number of nitrogens with one attached hydrogen (secondary N) is 1. The summed E-state index contributed by atoms with van der Waals surface area (Å²) in [5, 5.41) is 12.5. The predicted octanol–water partition coefficient (Wildman–Crippen LogP) is 3.48. The molecule has 4 nitrogen and oxygen atoms in total. The van der Waals surface area contributed by atoms with E-state index < -0.39 is 17.8 Å². The number of halogens is 1. The van der Waals surface area contributed by atoms with Gasteiger partial charge in [-0.2, -0.15) is 0 Å². The number of rotatable bonds is 3. The van der Waals surface area contributed by atoms with Crippen LogP contribution in [0.15, 0.2) is 18.2 Å². The quantitative estimate of drug-likeness (QED) is 0.897. The fourth-order valence-electron chi connectivity index (χ4n) is 2.71. The first-order chi connectivity index (χ1) is 9.50. The highest BCUT2D eigenvalue weighted by molar-refractivity contribution is 6.34. The highest BCUT2D eigenvalue weighted by atomic mass is 35.5. The van der Waals surface area contributed by atoms with Crippen molar-refractivity contribution in [2.75, 3.05) is 5.32 Å². The largest absolute Gasteiger partial charge is 0.481 e. The van der Waals surface area contributed by atoms with Crippen LogP contribution >= 0.6 is 11.6 Å². The summed E-state index contributed by atoms with van der Waals surface area (Å²) in [5.41, 5.74) is 1.43. The third-order valence-corrected chi connectivity index (χ3v) is 4.37. The summed E-state index contributed by atoms with van der Waals surface area (Å²) in [6.07, 6.45) is 2.94. The lowest BCUT2D eigenvalue weighted by molar-refractivity contribution is -0.147. The SMILES string of the molecule is Cc1cccc(NC(=O)[C@H]2CCCC[C@H]2C(=O)O)c1Cl. The van der Waals surface area contributed by atoms with Gasteiger partial charge in [0.15, 0.2) is 0 Å². The molecule has 0 unspecified atom stereocenters. The van der Waals surface area contributed by atoms with Crippen molar-refractivity contribution in [3.63, 3.8) is 0 Å². The molecule has 2 atom stereocenters. The van der Waals surface area contributed by atoms with Crippen molar-refractivity contribution in [2.45, 2.75) is 32.6 Å². The topological polar surface area (TPSA) is 66.4 Å². The van der Waals surface area contributed by atoms with E-state index in [1.807, 2.05) is 19.1 Å². The lowest BCUT2D eigenvalue weighted by atomic mass is 9.78. The zero-order valence-electron chi connectivity index (χ0n) is 11.4. The van der Waals surface area contributed by atoms with Gasteiger partial charge in [0.1, 0.15) is 0 Å². The average molecular weight is 296 g/mol. The Morgan fingerprint density at radius 3 is 2.55 bits per heavy atom. The number of carboxylic acid groups (broad SMARTS) is 1. The van der Waals surface area contributed by atoms with E-state index in [2.05, 4.69) is 5.32 Å². The minimum Gasteiger partial charge on any atom is -0.481 e. The third-order valence-electron chi connectivity index (χ3n) is 3.87. The van der Waals surface area contributed by atoms with E-state index in [0.717, 1.165) is 18.4 Å². The number of amides is 1. The number of aryl methyl sites for hydroxylation is 1. The van der Waals surface area contributed by atoms with Gasteiger partial charge in [0.2, 0.25) is 5.91 Å². The molecule has 0 heterocycles. The van der Waals surface area contributed by atoms with Gasteiger partial charge in [-0.15, -0.1) is 0 Å². The number of anilines is 1. The van der Waals surface area contributed by atoms with E-state index in [1.54, 1.807) is 6.07 Å². The van der Waals surface area contributed by atoms with Gasteiger partial charge in [0, 0.05) is 0 Å². The predicted molar refractivity (Wildman–Crippen MR) is 77.9 cm³/mol. The molecule has 0 saturated heterocycles. The van der Waals surface area contributed by atoms with Crippen LogP contribution in [-0.2, 0) is 9.59 Å². The van der Waals surface area contributed by atoms with Gasteiger partial charge >= 0.3 is 5.97 Å². The first-order valence-electron chi connectivity index (χ1n) is 6.79. The Hall–Kier alpha value is -1.55. The van der Waals surface area contributed by atoms with Crippen LogP contribution in [0.2, 0.25) is 5.02 Å². The molecule has 1 saturated carbocycles. The molecule has 0 spiro atoms. The maximum absolute atomic E-state index is 12.3. The van der Waals surface area contributed by atoms with Gasteiger partial charge in [-0.25, -0.2) is 0 Å². The van der Waals surface area contributed by atoms with Crippen LogP contribution in [0.5, 0.6) is 0 Å². The average Bonchev–Trinajstić information content (AvgIpc) is 2.43. The van der Waals surface area contributed by atoms with Gasteiger partial charge in [0.25, 0.3) is 0 Å². The van der Waals surface area contributed by atoms with Crippen molar-refractivity contribution in [2.24, 2.45) is 11.8 Å². The molecule has 0 radical (unpaired) electrons. The summed E-state index contributed by atoms with van der Waals surface area (Å²) in [6, 6.07) is 5.40. The Bertz CT molecular complexity index is 530. The van der Waals surface area contributed by atoms with Crippen molar-refractivity contribution < 1.29 is 14.7 Å². The molecule has 5 heteroatoms. The molecule has 1 fully saturated rings. The van der Waals surface area contributed by atoms with Crippen molar-refractivity contribution >= 4 is 29.2 Å². The molecule has 2 N–H and O–H groups in total. The summed E-state index contributed by atoms with van der Waals surface area (Å²) in [6.45, 7) is 1.86. The third kappa shape index (κ3) is 3.12. The van der Waals surface area contributed by atoms with E-state index in [1.165, 1.54) is 0 Å². The first-order valence-corrected chi connectivity index (χ1v) is 7.17. The zero-order valence-corrected chi connectivity index (χ0v) is 12.1. The number of hydrogen-bond donors (Lipinski definition) is 2. The molecule has 0 aromatic heterocycles. The molecule has 0 bridgehead atoms. The van der Waals surface area contributed by atoms with E-state index in [0.29, 0.717) is 23.6 Å². The van der Waals surface area contributed by atoms with Crippen LogP contribution in [-0.4, -0.2) is 17.0 Å². The molecule has 1 aliphatic carbocycles. The molecule has 1 aliphatic rings. The summed E-state index contributed by atoms with van der Waals surface area (Å²) in [4.78, 5) is 23.5. The van der Waals surface area contributed by atoms with Crippen molar-refractivity contribution in [3.8, 4) is 0 Å². The normalized spacial score (nSPS) is 22.3. The van der Waals surface area contributed by atoms with Crippen LogP contribution in [0.3, 0.4) is 0 Å². The number of aliphatic carboxylic acids is 1. The highest BCUT2D eigenvalue weighted by Crippen LogP contribution is 2.32. The van der Waals surface area contributed by atoms with Gasteiger partial charge in [-0.05, 0) is 31.4 Å². The molecule has 2 rings (SSSR count). The summed E-state index contributed by atoms with van der Waals surface area (Å²) >= 11 is 6.14. The molecule has 1 aromatic carbocycles. The van der Waals surface area contributed by atoms with Crippen molar-refractivity contribution in [3.05, 3.63) is 28.8 Å². The van der Waals surface area contributed by atoms with Gasteiger partial charge in [-0.1, -0.05) is 36.6 Å². The maximum Gasteiger partial charge on any atom is 0.307 e. The van der Waals surface area contributed by atoms with Gasteiger partial charge in [-0.3, -0.25) is 9.59 Å². The van der Waals surface area contributed by atoms with Crippen LogP contribution in [0, 0.1) is 18.8 Å². The minimum atomic E-state index is -0.889. The summed E-state index contributed by atoms with van der Waals surface area (Å²) < 4.78 is 0. The van der Waals surface area contributed by atoms with E-state index in [-0.39, 0.29) is 5.91 Å². The Morgan fingerprint density at radius 1 is 1.25 bits per heavy atom. The molecule has 0 aliphatic heterocycles. The lowest BCUT2D eigenvalue weighted by Crippen LogP contribution is -2.36. The Morgan fingerprint density at radius 2 is 1.90 bits per heavy atom. The van der Waals surface area contributed by atoms with Crippen LogP contribution in [0.1, 0.15) is 31.2 Å². The molecule has 1 aromatic rings. The van der Waals surface area contributed by atoms with E-state index in [4.69, 9.17) is 11.6 Å². The second kappa shape index (κ2) is 6.27. The second-order valence-corrected chi connectivity index (χ2v) is 5.64. The monoisotopic (exact) mass is 295 g/mol. The second-order valence-electron chi connectivity index (χ2n) is 5.26. The van der Waals surface area contributed by atoms with Crippen LogP contribution < -0.4 is 5.32 Å². The van der Waals surface area contributed by atoms with Gasteiger partial charge < -0.3 is 10.4 Å². The molecule has 108 valence electrons. The molecular formula is C15H18ClNO3. The van der Waals surface area contributed by atoms with Crippen molar-refractivity contribution in [1.29, 1.82) is 0 Å². The maximum atomic E-state index is 12.3. The Kier molecular flexibility index (Phi) is 4.65. The van der Waals surface area contributed by atoms with Crippen molar-refractivity contribution in [1.82, 2.24) is 0 Å². The highest BCUT2D eigenvalue weighted by Gasteiger charge is 2.35. The molecular weight excluding hydrogens is 278 g/mol. The number of carboxylic acids is 1. The van der Waals surface area contributed by atoms with E-state index in [9.17, 15) is 14.7 Å². The van der Waals surface area contributed by atoms with Crippen LogP contribution in [0.4, 0.5) is 5.69 Å². The number of benzene rings is 1. The zero-order chi connectivity index (χ0) is 14.7. The number of carbonyl (C=O) groups is 2. The number of hydrogen-bond acceptors (Lipinski definition) is 2. The molecule has 20 heavy (non-hydrogen) atoms. The smallest absolute Gasteiger partial charge is 0.307 e. The summed E-state index contributed by atoms with van der Waals surface area (Å²) in [7, 11) is 0. The lowest BCUT2D eigenvalue weighted by Gasteiger charge is -2.27. The Balaban J connectivity index is 2.14. The fourth-order valence-corrected chi connectivity index (χ4v) is 2.88. The molecule has 1 amide bonds. The summed E-state index contributed by atoms with van der Waals surface area (Å²) in [5.74, 6) is -2.20. The van der Waals surface area contributed by atoms with Crippen LogP contribution in [0.25, 0.3) is 0 Å². The fraction of sp³-hybridized carbons (Fsp3) is 0.467. The standard InChI is InChI=1S/C15H18ClNO3/c1-9-5-4-8-12(13(9)16)17-14(18)10-6-2-3-7-11(10)15(19)20/h4-5,8,10-11H,2-3,6-7H2,1H3,(H,17,18)(H,19,20)/t10-,11+/m0/s1.